The Morgan fingerprint density at radius 2 is 1.44 bits per heavy atom. The lowest BCUT2D eigenvalue weighted by Crippen LogP contribution is -2.20. The number of benzene rings is 1. The molecule has 0 radical (unpaired) electrons. The van der Waals surface area contributed by atoms with E-state index in [1.165, 1.54) is 44.9 Å². The molecule has 0 saturated heterocycles. The van der Waals surface area contributed by atoms with E-state index in [4.69, 9.17) is 5.11 Å². The summed E-state index contributed by atoms with van der Waals surface area (Å²) in [7, 11) is 0. The largest absolute Gasteiger partial charge is 0.481 e. The summed E-state index contributed by atoms with van der Waals surface area (Å²) in [5.41, 5.74) is 4.02. The Morgan fingerprint density at radius 3 is 2.04 bits per heavy atom. The molecule has 1 rings (SSSR count). The number of carbonyl (C=O) groups excluding carboxylic acids is 1. The lowest BCUT2D eigenvalue weighted by molar-refractivity contribution is -0.136. The molecule has 0 unspecified atom stereocenters. The first-order chi connectivity index (χ1) is 13.1. The Morgan fingerprint density at radius 1 is 0.852 bits per heavy atom. The number of hydrogen-bond acceptors (Lipinski definition) is 3. The first-order valence-corrected chi connectivity index (χ1v) is 10.3. The summed E-state index contributed by atoms with van der Waals surface area (Å²) in [6, 6.07) is 9.37. The van der Waals surface area contributed by atoms with E-state index in [1.807, 2.05) is 30.3 Å². The van der Waals surface area contributed by atoms with Gasteiger partial charge in [-0.15, -0.1) is 0 Å². The summed E-state index contributed by atoms with van der Waals surface area (Å²) in [4.78, 5) is 22.8. The van der Waals surface area contributed by atoms with E-state index in [0.717, 1.165) is 18.4 Å². The third-order valence-corrected chi connectivity index (χ3v) is 4.51. The molecule has 1 amide bonds. The van der Waals surface area contributed by atoms with Crippen LogP contribution in [0.25, 0.3) is 0 Å². The highest BCUT2D eigenvalue weighted by Gasteiger charge is 2.08. The summed E-state index contributed by atoms with van der Waals surface area (Å²) in [5.74, 6) is -0.985. The minimum atomic E-state index is -0.875. The van der Waals surface area contributed by atoms with Crippen molar-refractivity contribution in [3.05, 3.63) is 35.9 Å². The first kappa shape index (κ1) is 22.9. The Balaban J connectivity index is 2.28. The van der Waals surface area contributed by atoms with Crippen molar-refractivity contribution in [2.45, 2.75) is 84.0 Å². The van der Waals surface area contributed by atoms with Crippen molar-refractivity contribution >= 4 is 17.6 Å². The molecule has 0 aromatic heterocycles. The van der Waals surface area contributed by atoms with Gasteiger partial charge in [0.05, 0.1) is 12.1 Å². The minimum absolute atomic E-state index is 0.0120. The molecule has 27 heavy (non-hydrogen) atoms. The average Bonchev–Trinajstić information content (AvgIpc) is 2.67. The molecular formula is C22H34N2O3. The maximum Gasteiger partial charge on any atom is 0.303 e. The lowest BCUT2D eigenvalue weighted by Gasteiger charge is -2.07. The molecule has 150 valence electrons. The van der Waals surface area contributed by atoms with Gasteiger partial charge in [-0.2, -0.15) is 5.10 Å². The van der Waals surface area contributed by atoms with E-state index in [1.54, 1.807) is 0 Å². The van der Waals surface area contributed by atoms with Crippen molar-refractivity contribution < 1.29 is 14.7 Å². The molecule has 0 aliphatic rings. The molecule has 0 aliphatic carbocycles. The van der Waals surface area contributed by atoms with E-state index in [-0.39, 0.29) is 18.7 Å². The van der Waals surface area contributed by atoms with Gasteiger partial charge in [0.2, 0.25) is 5.91 Å². The third-order valence-electron chi connectivity index (χ3n) is 4.51. The number of unbranched alkanes of at least 4 members (excludes halogenated alkanes) is 8. The Labute approximate surface area is 163 Å². The van der Waals surface area contributed by atoms with Crippen molar-refractivity contribution in [2.75, 3.05) is 0 Å². The van der Waals surface area contributed by atoms with Gasteiger partial charge in [-0.1, -0.05) is 88.6 Å². The average molecular weight is 375 g/mol. The highest BCUT2D eigenvalue weighted by Crippen LogP contribution is 2.11. The fourth-order valence-electron chi connectivity index (χ4n) is 2.90. The van der Waals surface area contributed by atoms with E-state index in [9.17, 15) is 9.59 Å². The number of hydrogen-bond donors (Lipinski definition) is 2. The van der Waals surface area contributed by atoms with Crippen LogP contribution in [-0.4, -0.2) is 22.7 Å². The maximum absolute atomic E-state index is 12.0. The molecule has 5 nitrogen and oxygen atoms in total. The number of carbonyl (C=O) groups is 2. The van der Waals surface area contributed by atoms with Crippen LogP contribution in [0.15, 0.2) is 35.4 Å². The highest BCUT2D eigenvalue weighted by molar-refractivity contribution is 6.02. The topological polar surface area (TPSA) is 78.8 Å². The Bertz CT molecular complexity index is 570. The number of nitrogens with zero attached hydrogens (tertiary/aromatic N) is 1. The zero-order valence-corrected chi connectivity index (χ0v) is 16.6. The normalized spacial score (nSPS) is 11.4. The summed E-state index contributed by atoms with van der Waals surface area (Å²) in [5, 5.41) is 13.1. The third kappa shape index (κ3) is 11.9. The molecule has 1 aromatic carbocycles. The lowest BCUT2D eigenvalue weighted by atomic mass is 10.1. The predicted molar refractivity (Wildman–Crippen MR) is 110 cm³/mol. The summed E-state index contributed by atoms with van der Waals surface area (Å²) in [6.45, 7) is 2.23. The molecule has 1 aromatic rings. The number of aliphatic carboxylic acids is 1. The number of amides is 1. The van der Waals surface area contributed by atoms with E-state index in [0.29, 0.717) is 12.1 Å². The molecule has 5 heteroatoms. The molecule has 2 N–H and O–H groups in total. The highest BCUT2D eigenvalue weighted by atomic mass is 16.4. The number of carboxylic acids is 1. The molecule has 0 aliphatic heterocycles. The second kappa shape index (κ2) is 14.9. The SMILES string of the molecule is CCCCCCCCCCCC(=O)NN=C(CCC(=O)O)c1ccccc1. The number of hydrazone groups is 1. The first-order valence-electron chi connectivity index (χ1n) is 10.3. The molecule has 0 atom stereocenters. The molecule has 0 bridgehead atoms. The van der Waals surface area contributed by atoms with Gasteiger partial charge in [0.25, 0.3) is 0 Å². The van der Waals surface area contributed by atoms with E-state index < -0.39 is 5.97 Å². The molecule has 0 fully saturated rings. The maximum atomic E-state index is 12.0. The summed E-state index contributed by atoms with van der Waals surface area (Å²) >= 11 is 0. The Kier molecular flexibility index (Phi) is 12.7. The molecule has 0 spiro atoms. The van der Waals surface area contributed by atoms with Crippen LogP contribution in [0.3, 0.4) is 0 Å². The van der Waals surface area contributed by atoms with Gasteiger partial charge in [0, 0.05) is 12.8 Å². The second-order valence-electron chi connectivity index (χ2n) is 6.93. The van der Waals surface area contributed by atoms with Crippen LogP contribution in [0.1, 0.15) is 89.5 Å². The zero-order chi connectivity index (χ0) is 19.7. The fourth-order valence-corrected chi connectivity index (χ4v) is 2.90. The van der Waals surface area contributed by atoms with Crippen molar-refractivity contribution in [1.29, 1.82) is 0 Å². The number of rotatable bonds is 15. The van der Waals surface area contributed by atoms with Crippen LogP contribution >= 0.6 is 0 Å². The van der Waals surface area contributed by atoms with Gasteiger partial charge in [-0.05, 0) is 12.0 Å². The number of nitrogens with one attached hydrogen (secondary N) is 1. The van der Waals surface area contributed by atoms with Crippen LogP contribution in [0.2, 0.25) is 0 Å². The van der Waals surface area contributed by atoms with Crippen molar-refractivity contribution in [3.63, 3.8) is 0 Å². The number of carboxylic acid groups (broad SMARTS) is 1. The summed E-state index contributed by atoms with van der Waals surface area (Å²) < 4.78 is 0. The Hall–Kier alpha value is -2.17. The van der Waals surface area contributed by atoms with Crippen LogP contribution in [-0.2, 0) is 9.59 Å². The van der Waals surface area contributed by atoms with Gasteiger partial charge < -0.3 is 5.11 Å². The fraction of sp³-hybridized carbons (Fsp3) is 0.591. The van der Waals surface area contributed by atoms with Crippen LogP contribution in [0.5, 0.6) is 0 Å². The van der Waals surface area contributed by atoms with Gasteiger partial charge in [0.1, 0.15) is 0 Å². The van der Waals surface area contributed by atoms with Gasteiger partial charge >= 0.3 is 5.97 Å². The van der Waals surface area contributed by atoms with Crippen LogP contribution < -0.4 is 5.43 Å². The monoisotopic (exact) mass is 374 g/mol. The quantitative estimate of drug-likeness (QED) is 0.249. The van der Waals surface area contributed by atoms with Crippen molar-refractivity contribution in [2.24, 2.45) is 5.10 Å². The van der Waals surface area contributed by atoms with Crippen LogP contribution in [0.4, 0.5) is 0 Å². The van der Waals surface area contributed by atoms with Gasteiger partial charge in [-0.25, -0.2) is 5.43 Å². The van der Waals surface area contributed by atoms with Crippen LogP contribution in [0, 0.1) is 0 Å². The zero-order valence-electron chi connectivity index (χ0n) is 16.6. The molecule has 0 saturated carbocycles. The molecule has 0 heterocycles. The van der Waals surface area contributed by atoms with Gasteiger partial charge in [0.15, 0.2) is 0 Å². The van der Waals surface area contributed by atoms with Crippen molar-refractivity contribution in [3.8, 4) is 0 Å². The standard InChI is InChI=1S/C22H34N2O3/c1-2-3-4-5-6-7-8-9-13-16-21(25)24-23-20(17-18-22(26)27)19-14-11-10-12-15-19/h10-12,14-15H,2-9,13,16-18H2,1H3,(H,24,25)(H,26,27). The summed E-state index contributed by atoms with van der Waals surface area (Å²) in [6.07, 6.45) is 11.7. The smallest absolute Gasteiger partial charge is 0.303 e. The van der Waals surface area contributed by atoms with Crippen molar-refractivity contribution in [1.82, 2.24) is 5.43 Å². The van der Waals surface area contributed by atoms with Gasteiger partial charge in [-0.3, -0.25) is 9.59 Å². The van der Waals surface area contributed by atoms with E-state index >= 15 is 0 Å². The predicted octanol–water partition coefficient (Wildman–Crippen LogP) is 5.29. The molecular weight excluding hydrogens is 340 g/mol. The van der Waals surface area contributed by atoms with E-state index in [2.05, 4.69) is 17.5 Å². The minimum Gasteiger partial charge on any atom is -0.481 e. The second-order valence-corrected chi connectivity index (χ2v) is 6.93.